The van der Waals surface area contributed by atoms with Crippen molar-refractivity contribution in [3.8, 4) is 0 Å². The molecule has 3 rings (SSSR count). The van der Waals surface area contributed by atoms with Crippen molar-refractivity contribution in [2.45, 2.75) is 38.5 Å². The summed E-state index contributed by atoms with van der Waals surface area (Å²) in [7, 11) is 1.29. The molecule has 0 aromatic heterocycles. The van der Waals surface area contributed by atoms with Gasteiger partial charge in [-0.1, -0.05) is 36.4 Å². The number of carboxylic acids is 1. The first-order chi connectivity index (χ1) is 21.1. The minimum absolute atomic E-state index is 0.0634. The van der Waals surface area contributed by atoms with E-state index >= 15 is 0 Å². The number of anilines is 2. The van der Waals surface area contributed by atoms with Crippen LogP contribution in [-0.2, 0) is 41.4 Å². The fourth-order valence-corrected chi connectivity index (χ4v) is 4.48. The number of hydrogen-bond donors (Lipinski definition) is 3. The molecule has 0 bridgehead atoms. The molecule has 0 unspecified atom stereocenters. The third-order valence-corrected chi connectivity index (χ3v) is 7.04. The van der Waals surface area contributed by atoms with Crippen LogP contribution in [0.1, 0.15) is 52.7 Å². The van der Waals surface area contributed by atoms with Crippen LogP contribution in [0.2, 0.25) is 0 Å². The fraction of sp³-hybridized carbons (Fsp3) is 0.294. The van der Waals surface area contributed by atoms with Crippen molar-refractivity contribution in [1.82, 2.24) is 0 Å². The van der Waals surface area contributed by atoms with Gasteiger partial charge in [0.25, 0.3) is 0 Å². The molecule has 0 amide bonds. The molecular formula is C34H38N2O8. The van der Waals surface area contributed by atoms with Crippen molar-refractivity contribution in [3.63, 3.8) is 0 Å². The van der Waals surface area contributed by atoms with E-state index in [9.17, 15) is 24.3 Å². The van der Waals surface area contributed by atoms with Crippen LogP contribution in [0.25, 0.3) is 6.08 Å². The lowest BCUT2D eigenvalue weighted by Crippen LogP contribution is -2.44. The van der Waals surface area contributed by atoms with Crippen molar-refractivity contribution in [1.29, 1.82) is 0 Å². The predicted molar refractivity (Wildman–Crippen MR) is 166 cm³/mol. The van der Waals surface area contributed by atoms with Gasteiger partial charge in [0.15, 0.2) is 5.41 Å². The van der Waals surface area contributed by atoms with Crippen LogP contribution in [0.5, 0.6) is 0 Å². The summed E-state index contributed by atoms with van der Waals surface area (Å²) in [5.74, 6) is -3.00. The zero-order valence-electron chi connectivity index (χ0n) is 24.7. The lowest BCUT2D eigenvalue weighted by molar-refractivity contribution is -0.169. The summed E-state index contributed by atoms with van der Waals surface area (Å²) >= 11 is 0. The van der Waals surface area contributed by atoms with E-state index in [1.54, 1.807) is 78.9 Å². The van der Waals surface area contributed by atoms with E-state index in [1.165, 1.54) is 13.2 Å². The second kappa shape index (κ2) is 16.5. The molecule has 232 valence electrons. The molecule has 0 saturated carbocycles. The Kier molecular flexibility index (Phi) is 12.5. The summed E-state index contributed by atoms with van der Waals surface area (Å²) in [5.41, 5.74) is 13.2. The summed E-state index contributed by atoms with van der Waals surface area (Å²) in [5, 5.41) is 10.3. The van der Waals surface area contributed by atoms with Crippen LogP contribution in [-0.4, -0.2) is 49.3 Å². The van der Waals surface area contributed by atoms with Gasteiger partial charge in [0, 0.05) is 17.5 Å². The van der Waals surface area contributed by atoms with Crippen LogP contribution >= 0.6 is 0 Å². The quantitative estimate of drug-likeness (QED) is 0.0514. The Bertz CT molecular complexity index is 1380. The largest absolute Gasteiger partial charge is 0.480 e. The van der Waals surface area contributed by atoms with Crippen LogP contribution in [0, 0.1) is 5.41 Å². The Morgan fingerprint density at radius 3 is 1.70 bits per heavy atom. The number of nitrogens with two attached hydrogens (primary N) is 2. The second-order valence-electron chi connectivity index (χ2n) is 10.4. The van der Waals surface area contributed by atoms with Gasteiger partial charge in [-0.05, 0) is 97.7 Å². The van der Waals surface area contributed by atoms with Gasteiger partial charge >= 0.3 is 23.9 Å². The lowest BCUT2D eigenvalue weighted by atomic mass is 9.76. The second-order valence-corrected chi connectivity index (χ2v) is 10.4. The molecule has 5 N–H and O–H groups in total. The van der Waals surface area contributed by atoms with Crippen LogP contribution in [0.3, 0.4) is 0 Å². The topological polar surface area (TPSA) is 168 Å². The SMILES string of the molecule is COC(=O)C=Cc1ccc(C(=O)OCCCCCCOC(=O)C(Cc2ccc(N)cc2)(Cc2ccc(N)cc2)C(=O)O)cc1. The molecule has 3 aromatic carbocycles. The standard InChI is InChI=1S/C34H38N2O8/c1-42-30(37)19-12-24-6-13-27(14-7-24)31(38)43-20-4-2-3-5-21-44-33(41)34(32(39)40,22-25-8-15-28(35)16-9-25)23-26-10-17-29(36)18-11-26/h6-19H,2-5,20-23,35-36H2,1H3,(H,39,40). The van der Waals surface area contributed by atoms with Crippen molar-refractivity contribution in [2.24, 2.45) is 5.41 Å². The average molecular weight is 603 g/mol. The molecule has 0 fully saturated rings. The number of ether oxygens (including phenoxy) is 3. The molecule has 3 aromatic rings. The molecule has 10 heteroatoms. The van der Waals surface area contributed by atoms with Gasteiger partial charge < -0.3 is 30.8 Å². The van der Waals surface area contributed by atoms with E-state index in [0.29, 0.717) is 47.3 Å². The maximum absolute atomic E-state index is 13.4. The van der Waals surface area contributed by atoms with Crippen molar-refractivity contribution < 1.29 is 38.5 Å². The number of hydrogen-bond acceptors (Lipinski definition) is 9. The van der Waals surface area contributed by atoms with Gasteiger partial charge in [-0.25, -0.2) is 9.59 Å². The highest BCUT2D eigenvalue weighted by Gasteiger charge is 2.48. The molecule has 0 radical (unpaired) electrons. The normalized spacial score (nSPS) is 11.2. The molecule has 0 atom stereocenters. The number of unbranched alkanes of at least 4 members (excludes halogenated alkanes) is 3. The maximum atomic E-state index is 13.4. The molecule has 0 heterocycles. The summed E-state index contributed by atoms with van der Waals surface area (Å²) in [6.45, 7) is 0.293. The minimum atomic E-state index is -1.84. The molecule has 0 aliphatic heterocycles. The lowest BCUT2D eigenvalue weighted by Gasteiger charge is -2.28. The zero-order valence-corrected chi connectivity index (χ0v) is 24.7. The Hall–Kier alpha value is -5.12. The smallest absolute Gasteiger partial charge is 0.338 e. The zero-order chi connectivity index (χ0) is 32.0. The van der Waals surface area contributed by atoms with Gasteiger partial charge in [-0.3, -0.25) is 9.59 Å². The molecule has 0 spiro atoms. The highest BCUT2D eigenvalue weighted by Crippen LogP contribution is 2.31. The molecule has 0 aliphatic rings. The number of benzene rings is 3. The molecule has 44 heavy (non-hydrogen) atoms. The van der Waals surface area contributed by atoms with Gasteiger partial charge in [0.05, 0.1) is 25.9 Å². The number of carbonyl (C=O) groups excluding carboxylic acids is 3. The highest BCUT2D eigenvalue weighted by molar-refractivity contribution is 6.00. The first-order valence-electron chi connectivity index (χ1n) is 14.3. The van der Waals surface area contributed by atoms with E-state index in [0.717, 1.165) is 12.0 Å². The Balaban J connectivity index is 1.47. The number of carboxylic acid groups (broad SMARTS) is 1. The van der Waals surface area contributed by atoms with Gasteiger partial charge in [0.2, 0.25) is 0 Å². The third kappa shape index (κ3) is 10.0. The Labute approximate surface area is 256 Å². The molecule has 0 aliphatic carbocycles. The predicted octanol–water partition coefficient (Wildman–Crippen LogP) is 4.85. The molecule has 0 saturated heterocycles. The highest BCUT2D eigenvalue weighted by atomic mass is 16.5. The number of carbonyl (C=O) groups is 4. The van der Waals surface area contributed by atoms with Gasteiger partial charge in [-0.2, -0.15) is 0 Å². The van der Waals surface area contributed by atoms with Crippen molar-refractivity contribution in [2.75, 3.05) is 31.8 Å². The van der Waals surface area contributed by atoms with Gasteiger partial charge in [0.1, 0.15) is 0 Å². The average Bonchev–Trinajstić information content (AvgIpc) is 3.02. The maximum Gasteiger partial charge on any atom is 0.338 e. The summed E-state index contributed by atoms with van der Waals surface area (Å²) in [4.78, 5) is 49.5. The Morgan fingerprint density at radius 1 is 0.727 bits per heavy atom. The van der Waals surface area contributed by atoms with Gasteiger partial charge in [-0.15, -0.1) is 0 Å². The van der Waals surface area contributed by atoms with Crippen LogP contribution < -0.4 is 11.5 Å². The van der Waals surface area contributed by atoms with E-state index in [4.69, 9.17) is 20.9 Å². The van der Waals surface area contributed by atoms with E-state index < -0.39 is 29.3 Å². The first kappa shape index (κ1) is 33.4. The van der Waals surface area contributed by atoms with E-state index in [-0.39, 0.29) is 26.1 Å². The third-order valence-electron chi connectivity index (χ3n) is 7.04. The summed E-state index contributed by atoms with van der Waals surface area (Å²) < 4.78 is 15.4. The number of aliphatic carboxylic acids is 1. The van der Waals surface area contributed by atoms with E-state index in [2.05, 4.69) is 4.74 Å². The Morgan fingerprint density at radius 2 is 1.23 bits per heavy atom. The van der Waals surface area contributed by atoms with Crippen molar-refractivity contribution >= 4 is 41.3 Å². The molecular weight excluding hydrogens is 564 g/mol. The first-order valence-corrected chi connectivity index (χ1v) is 14.3. The summed E-state index contributed by atoms with van der Waals surface area (Å²) in [6.07, 6.45) is 5.31. The number of nitrogen functional groups attached to an aromatic ring is 2. The minimum Gasteiger partial charge on any atom is -0.480 e. The number of rotatable bonds is 16. The fourth-order valence-electron chi connectivity index (χ4n) is 4.48. The van der Waals surface area contributed by atoms with Crippen molar-refractivity contribution in [3.05, 3.63) is 101 Å². The number of methoxy groups -OCH3 is 1. The number of esters is 3. The van der Waals surface area contributed by atoms with E-state index in [1.807, 2.05) is 0 Å². The van der Waals surface area contributed by atoms with Crippen LogP contribution in [0.4, 0.5) is 11.4 Å². The van der Waals surface area contributed by atoms with Crippen LogP contribution in [0.15, 0.2) is 78.9 Å². The summed E-state index contributed by atoms with van der Waals surface area (Å²) in [6, 6.07) is 20.1. The monoisotopic (exact) mass is 602 g/mol. The molecule has 10 nitrogen and oxygen atoms in total.